The van der Waals surface area contributed by atoms with Crippen LogP contribution in [0.2, 0.25) is 0 Å². The SMILES string of the molecule is CC(Cn1cccn1)NS(=O)(=O)c1ccc(CCO)s1. The normalized spacial score (nSPS) is 13.5. The van der Waals surface area contributed by atoms with E-state index in [0.717, 1.165) is 4.88 Å². The van der Waals surface area contributed by atoms with E-state index < -0.39 is 10.0 Å². The number of thiophene rings is 1. The summed E-state index contributed by atoms with van der Waals surface area (Å²) in [5.74, 6) is 0. The standard InChI is InChI=1S/C12H17N3O3S2/c1-10(9-15-7-2-6-13-15)14-20(17,18)12-4-3-11(19-12)5-8-16/h2-4,6-7,10,14,16H,5,8-9H2,1H3. The van der Waals surface area contributed by atoms with Crippen LogP contribution in [-0.4, -0.2) is 36.0 Å². The van der Waals surface area contributed by atoms with Gasteiger partial charge in [0.2, 0.25) is 10.0 Å². The van der Waals surface area contributed by atoms with E-state index in [9.17, 15) is 8.42 Å². The van der Waals surface area contributed by atoms with Crippen LogP contribution in [0.5, 0.6) is 0 Å². The molecule has 0 radical (unpaired) electrons. The van der Waals surface area contributed by atoms with E-state index in [0.29, 0.717) is 13.0 Å². The first-order chi connectivity index (χ1) is 9.51. The van der Waals surface area contributed by atoms with Crippen LogP contribution in [0.3, 0.4) is 0 Å². The van der Waals surface area contributed by atoms with Gasteiger partial charge in [0.05, 0.1) is 6.54 Å². The lowest BCUT2D eigenvalue weighted by Crippen LogP contribution is -2.35. The third-order valence-corrected chi connectivity index (χ3v) is 5.86. The molecule has 0 saturated heterocycles. The Morgan fingerprint density at radius 2 is 2.30 bits per heavy atom. The number of hydrogen-bond acceptors (Lipinski definition) is 5. The zero-order valence-corrected chi connectivity index (χ0v) is 12.7. The molecule has 0 aliphatic rings. The Morgan fingerprint density at radius 3 is 2.95 bits per heavy atom. The lowest BCUT2D eigenvalue weighted by Gasteiger charge is -2.13. The summed E-state index contributed by atoms with van der Waals surface area (Å²) in [6.07, 6.45) is 3.92. The summed E-state index contributed by atoms with van der Waals surface area (Å²) in [7, 11) is -3.51. The molecular weight excluding hydrogens is 298 g/mol. The number of aliphatic hydroxyl groups excluding tert-OH is 1. The molecule has 2 aromatic rings. The summed E-state index contributed by atoms with van der Waals surface area (Å²) in [4.78, 5) is 0.854. The topological polar surface area (TPSA) is 84.2 Å². The highest BCUT2D eigenvalue weighted by Crippen LogP contribution is 2.22. The Morgan fingerprint density at radius 1 is 1.50 bits per heavy atom. The third kappa shape index (κ3) is 3.89. The molecule has 110 valence electrons. The fourth-order valence-electron chi connectivity index (χ4n) is 1.80. The molecule has 1 unspecified atom stereocenters. The van der Waals surface area contributed by atoms with E-state index in [1.165, 1.54) is 11.3 Å². The van der Waals surface area contributed by atoms with Crippen molar-refractivity contribution in [3.05, 3.63) is 35.5 Å². The van der Waals surface area contributed by atoms with Gasteiger partial charge in [-0.05, 0) is 25.1 Å². The molecule has 2 rings (SSSR count). The van der Waals surface area contributed by atoms with Gasteiger partial charge < -0.3 is 5.11 Å². The highest BCUT2D eigenvalue weighted by Gasteiger charge is 2.19. The van der Waals surface area contributed by atoms with E-state index in [4.69, 9.17) is 5.11 Å². The van der Waals surface area contributed by atoms with Crippen molar-refractivity contribution in [1.29, 1.82) is 0 Å². The molecule has 0 saturated carbocycles. The fraction of sp³-hybridized carbons (Fsp3) is 0.417. The first-order valence-electron chi connectivity index (χ1n) is 6.20. The van der Waals surface area contributed by atoms with Crippen LogP contribution in [0.1, 0.15) is 11.8 Å². The Kier molecular flexibility index (Phi) is 4.92. The Balaban J connectivity index is 2.02. The van der Waals surface area contributed by atoms with Crippen molar-refractivity contribution in [2.45, 2.75) is 30.1 Å². The van der Waals surface area contributed by atoms with Gasteiger partial charge in [-0.25, -0.2) is 13.1 Å². The van der Waals surface area contributed by atoms with Crippen molar-refractivity contribution in [2.75, 3.05) is 6.61 Å². The average molecular weight is 315 g/mol. The molecule has 0 aliphatic heterocycles. The molecule has 1 atom stereocenters. The highest BCUT2D eigenvalue weighted by molar-refractivity contribution is 7.91. The number of rotatable bonds is 7. The Hall–Kier alpha value is -1.22. The van der Waals surface area contributed by atoms with Crippen LogP contribution in [0.4, 0.5) is 0 Å². The van der Waals surface area contributed by atoms with Gasteiger partial charge in [-0.3, -0.25) is 4.68 Å². The molecule has 0 fully saturated rings. The molecule has 2 N–H and O–H groups in total. The van der Waals surface area contributed by atoms with Crippen molar-refractivity contribution in [3.8, 4) is 0 Å². The van der Waals surface area contributed by atoms with Gasteiger partial charge in [0.15, 0.2) is 0 Å². The van der Waals surface area contributed by atoms with Crippen LogP contribution >= 0.6 is 11.3 Å². The molecule has 0 aliphatic carbocycles. The number of aromatic nitrogens is 2. The quantitative estimate of drug-likeness (QED) is 0.793. The van der Waals surface area contributed by atoms with E-state index >= 15 is 0 Å². The van der Waals surface area contributed by atoms with Gasteiger partial charge in [0.25, 0.3) is 0 Å². The Bertz CT molecular complexity index is 635. The van der Waals surface area contributed by atoms with Crippen LogP contribution in [-0.2, 0) is 23.0 Å². The minimum atomic E-state index is -3.51. The number of sulfonamides is 1. The number of nitrogens with one attached hydrogen (secondary N) is 1. The van der Waals surface area contributed by atoms with Crippen LogP contribution in [0, 0.1) is 0 Å². The largest absolute Gasteiger partial charge is 0.396 e. The summed E-state index contributed by atoms with van der Waals surface area (Å²) in [5, 5.41) is 12.9. The predicted molar refractivity (Wildman–Crippen MR) is 77.1 cm³/mol. The second-order valence-electron chi connectivity index (χ2n) is 4.44. The molecule has 0 spiro atoms. The highest BCUT2D eigenvalue weighted by atomic mass is 32.2. The van der Waals surface area contributed by atoms with Gasteiger partial charge in [0.1, 0.15) is 4.21 Å². The summed E-state index contributed by atoms with van der Waals surface area (Å²) >= 11 is 1.18. The maximum Gasteiger partial charge on any atom is 0.250 e. The van der Waals surface area contributed by atoms with E-state index in [1.54, 1.807) is 42.2 Å². The fourth-order valence-corrected chi connectivity index (χ4v) is 4.39. The smallest absolute Gasteiger partial charge is 0.250 e. The van der Waals surface area contributed by atoms with E-state index in [-0.39, 0.29) is 16.9 Å². The van der Waals surface area contributed by atoms with Crippen molar-refractivity contribution >= 4 is 21.4 Å². The van der Waals surface area contributed by atoms with Crippen molar-refractivity contribution in [2.24, 2.45) is 0 Å². The van der Waals surface area contributed by atoms with Crippen molar-refractivity contribution in [3.63, 3.8) is 0 Å². The monoisotopic (exact) mass is 315 g/mol. The summed E-state index contributed by atoms with van der Waals surface area (Å²) < 4.78 is 29.0. The predicted octanol–water partition coefficient (Wildman–Crippen LogP) is 0.846. The van der Waals surface area contributed by atoms with E-state index in [1.807, 2.05) is 0 Å². The van der Waals surface area contributed by atoms with Gasteiger partial charge in [-0.15, -0.1) is 11.3 Å². The lowest BCUT2D eigenvalue weighted by molar-refractivity contribution is 0.300. The van der Waals surface area contributed by atoms with Gasteiger partial charge in [-0.2, -0.15) is 5.10 Å². The first kappa shape index (κ1) is 15.2. The summed E-state index contributed by atoms with van der Waals surface area (Å²) in [5.41, 5.74) is 0. The Labute approximate surface area is 122 Å². The molecule has 2 heterocycles. The minimum absolute atomic E-state index is 0.0170. The molecule has 20 heavy (non-hydrogen) atoms. The minimum Gasteiger partial charge on any atom is -0.396 e. The van der Waals surface area contributed by atoms with Gasteiger partial charge in [0, 0.05) is 36.3 Å². The van der Waals surface area contributed by atoms with Crippen molar-refractivity contribution < 1.29 is 13.5 Å². The number of nitrogens with zero attached hydrogens (tertiary/aromatic N) is 2. The molecule has 6 nitrogen and oxygen atoms in total. The van der Waals surface area contributed by atoms with Crippen molar-refractivity contribution in [1.82, 2.24) is 14.5 Å². The maximum absolute atomic E-state index is 12.2. The third-order valence-electron chi connectivity index (χ3n) is 2.64. The van der Waals surface area contributed by atoms with Gasteiger partial charge in [-0.1, -0.05) is 0 Å². The second kappa shape index (κ2) is 6.49. The molecule has 2 aromatic heterocycles. The van der Waals surface area contributed by atoms with Crippen LogP contribution < -0.4 is 4.72 Å². The zero-order chi connectivity index (χ0) is 14.6. The van der Waals surface area contributed by atoms with Gasteiger partial charge >= 0.3 is 0 Å². The molecule has 8 heteroatoms. The molecule has 0 bridgehead atoms. The number of aliphatic hydroxyl groups is 1. The molecule has 0 amide bonds. The lowest BCUT2D eigenvalue weighted by atomic mass is 10.4. The first-order valence-corrected chi connectivity index (χ1v) is 8.50. The summed E-state index contributed by atoms with van der Waals surface area (Å²) in [6.45, 7) is 2.28. The maximum atomic E-state index is 12.2. The molecule has 0 aromatic carbocycles. The number of hydrogen-bond donors (Lipinski definition) is 2. The zero-order valence-electron chi connectivity index (χ0n) is 11.1. The average Bonchev–Trinajstić information content (AvgIpc) is 3.00. The summed E-state index contributed by atoms with van der Waals surface area (Å²) in [6, 6.07) is 4.83. The molecular formula is C12H17N3O3S2. The van der Waals surface area contributed by atoms with Crippen LogP contribution in [0.15, 0.2) is 34.8 Å². The van der Waals surface area contributed by atoms with Crippen LogP contribution in [0.25, 0.3) is 0 Å². The second-order valence-corrected chi connectivity index (χ2v) is 7.55. The van der Waals surface area contributed by atoms with E-state index in [2.05, 4.69) is 9.82 Å².